The first-order chi connectivity index (χ1) is 9.13. The Morgan fingerprint density at radius 1 is 1.42 bits per heavy atom. The van der Waals surface area contributed by atoms with Gasteiger partial charge in [-0.15, -0.1) is 0 Å². The average Bonchev–Trinajstić information content (AvgIpc) is 2.43. The minimum Gasteiger partial charge on any atom is -0.478 e. The normalized spacial score (nSPS) is 12.3. The molecule has 2 aromatic rings. The zero-order chi connectivity index (χ0) is 13.8. The van der Waals surface area contributed by atoms with Gasteiger partial charge in [-0.25, -0.2) is 9.78 Å². The van der Waals surface area contributed by atoms with E-state index in [2.05, 4.69) is 10.3 Å². The van der Waals surface area contributed by atoms with Gasteiger partial charge in [0.2, 0.25) is 0 Å². The number of aromatic carboxylic acids is 1. The first kappa shape index (κ1) is 13.3. The predicted octanol–water partition coefficient (Wildman–Crippen LogP) is 2.38. The van der Waals surface area contributed by atoms with Crippen molar-refractivity contribution in [1.82, 2.24) is 4.98 Å². The highest BCUT2D eigenvalue weighted by molar-refractivity contribution is 6.06. The van der Waals surface area contributed by atoms with Crippen molar-refractivity contribution in [2.24, 2.45) is 0 Å². The minimum absolute atomic E-state index is 0.0553. The van der Waals surface area contributed by atoms with E-state index < -0.39 is 5.97 Å². The molecule has 0 aliphatic carbocycles. The van der Waals surface area contributed by atoms with Gasteiger partial charge in [-0.05, 0) is 6.92 Å². The molecule has 100 valence electrons. The summed E-state index contributed by atoms with van der Waals surface area (Å²) in [6.07, 6.45) is 1.43. The van der Waals surface area contributed by atoms with Gasteiger partial charge in [0, 0.05) is 30.6 Å². The Bertz CT molecular complexity index is 598. The molecular weight excluding hydrogens is 244 g/mol. The van der Waals surface area contributed by atoms with Crippen molar-refractivity contribution in [1.29, 1.82) is 0 Å². The fourth-order valence-corrected chi connectivity index (χ4v) is 1.83. The Morgan fingerprint density at radius 3 is 2.74 bits per heavy atom. The monoisotopic (exact) mass is 260 g/mol. The van der Waals surface area contributed by atoms with Crippen molar-refractivity contribution in [3.05, 3.63) is 36.0 Å². The molecule has 0 saturated heterocycles. The number of carbonyl (C=O) groups is 1. The third-order valence-electron chi connectivity index (χ3n) is 2.98. The van der Waals surface area contributed by atoms with Gasteiger partial charge in [0.15, 0.2) is 0 Å². The maximum Gasteiger partial charge on any atom is 0.337 e. The average molecular weight is 260 g/mol. The quantitative estimate of drug-likeness (QED) is 0.863. The molecule has 2 N–H and O–H groups in total. The second kappa shape index (κ2) is 5.67. The number of fused-ring (bicyclic) bond motifs is 1. The van der Waals surface area contributed by atoms with Crippen LogP contribution in [0.4, 0.5) is 5.82 Å². The largest absolute Gasteiger partial charge is 0.478 e. The zero-order valence-electron chi connectivity index (χ0n) is 10.9. The number of benzene rings is 1. The van der Waals surface area contributed by atoms with Crippen LogP contribution in [-0.4, -0.2) is 35.8 Å². The van der Waals surface area contributed by atoms with Gasteiger partial charge >= 0.3 is 5.97 Å². The third kappa shape index (κ3) is 2.82. The van der Waals surface area contributed by atoms with Gasteiger partial charge in [-0.2, -0.15) is 0 Å². The van der Waals surface area contributed by atoms with Crippen LogP contribution in [0.3, 0.4) is 0 Å². The molecule has 1 aromatic heterocycles. The van der Waals surface area contributed by atoms with Crippen molar-refractivity contribution in [2.75, 3.05) is 19.0 Å². The van der Waals surface area contributed by atoms with E-state index in [9.17, 15) is 4.79 Å². The standard InChI is InChI=1S/C14H16N2O3/c1-9(19-2)7-15-13-11-6-4-3-5-10(11)12(8-16-13)14(17)18/h3-6,8-9H,7H2,1-2H3,(H,15,16)(H,17,18). The van der Waals surface area contributed by atoms with E-state index in [0.29, 0.717) is 17.7 Å². The number of methoxy groups -OCH3 is 1. The Morgan fingerprint density at radius 2 is 2.11 bits per heavy atom. The predicted molar refractivity (Wildman–Crippen MR) is 73.7 cm³/mol. The van der Waals surface area contributed by atoms with Crippen molar-refractivity contribution < 1.29 is 14.6 Å². The van der Waals surface area contributed by atoms with Crippen molar-refractivity contribution in [2.45, 2.75) is 13.0 Å². The lowest BCUT2D eigenvalue weighted by Crippen LogP contribution is -2.19. The van der Waals surface area contributed by atoms with E-state index in [1.165, 1.54) is 6.20 Å². The summed E-state index contributed by atoms with van der Waals surface area (Å²) in [7, 11) is 1.64. The summed E-state index contributed by atoms with van der Waals surface area (Å²) in [6.45, 7) is 2.56. The highest BCUT2D eigenvalue weighted by Gasteiger charge is 2.12. The SMILES string of the molecule is COC(C)CNc1ncc(C(=O)O)c2ccccc12. The summed E-state index contributed by atoms with van der Waals surface area (Å²) < 4.78 is 5.16. The van der Waals surface area contributed by atoms with Crippen LogP contribution >= 0.6 is 0 Å². The molecule has 0 bridgehead atoms. The lowest BCUT2D eigenvalue weighted by atomic mass is 10.1. The van der Waals surface area contributed by atoms with E-state index in [1.54, 1.807) is 13.2 Å². The number of aromatic nitrogens is 1. The van der Waals surface area contributed by atoms with Crippen molar-refractivity contribution in [3.8, 4) is 0 Å². The molecule has 2 rings (SSSR count). The molecule has 1 aromatic carbocycles. The summed E-state index contributed by atoms with van der Waals surface area (Å²) in [6, 6.07) is 7.32. The molecule has 0 saturated carbocycles. The van der Waals surface area contributed by atoms with Gasteiger partial charge in [-0.3, -0.25) is 0 Å². The highest BCUT2D eigenvalue weighted by atomic mass is 16.5. The number of hydrogen-bond donors (Lipinski definition) is 2. The number of anilines is 1. The molecule has 19 heavy (non-hydrogen) atoms. The lowest BCUT2D eigenvalue weighted by molar-refractivity contribution is 0.0698. The Hall–Kier alpha value is -2.14. The Balaban J connectivity index is 2.41. The van der Waals surface area contributed by atoms with E-state index >= 15 is 0 Å². The zero-order valence-corrected chi connectivity index (χ0v) is 10.9. The molecule has 0 amide bonds. The van der Waals surface area contributed by atoms with Crippen molar-refractivity contribution in [3.63, 3.8) is 0 Å². The summed E-state index contributed by atoms with van der Waals surface area (Å²) in [5.41, 5.74) is 0.209. The number of nitrogens with zero attached hydrogens (tertiary/aromatic N) is 1. The fourth-order valence-electron chi connectivity index (χ4n) is 1.83. The van der Waals surface area contributed by atoms with Crippen LogP contribution in [0.15, 0.2) is 30.5 Å². The second-order valence-corrected chi connectivity index (χ2v) is 4.30. The smallest absolute Gasteiger partial charge is 0.337 e. The molecule has 0 aliphatic heterocycles. The molecule has 0 aliphatic rings. The van der Waals surface area contributed by atoms with Crippen LogP contribution in [0.25, 0.3) is 10.8 Å². The van der Waals surface area contributed by atoms with Crippen LogP contribution < -0.4 is 5.32 Å². The second-order valence-electron chi connectivity index (χ2n) is 4.30. The van der Waals surface area contributed by atoms with E-state index in [1.807, 2.05) is 25.1 Å². The number of carboxylic acid groups (broad SMARTS) is 1. The molecule has 1 heterocycles. The summed E-state index contributed by atoms with van der Waals surface area (Å²) >= 11 is 0. The molecular formula is C14H16N2O3. The first-order valence-electron chi connectivity index (χ1n) is 6.01. The molecule has 0 radical (unpaired) electrons. The van der Waals surface area contributed by atoms with Crippen LogP contribution in [0, 0.1) is 0 Å². The van der Waals surface area contributed by atoms with Gasteiger partial charge < -0.3 is 15.2 Å². The number of nitrogens with one attached hydrogen (secondary N) is 1. The number of ether oxygens (including phenoxy) is 1. The Kier molecular flexibility index (Phi) is 3.97. The molecule has 5 heteroatoms. The van der Waals surface area contributed by atoms with Crippen LogP contribution in [0.5, 0.6) is 0 Å². The highest BCUT2D eigenvalue weighted by Crippen LogP contribution is 2.24. The molecule has 1 atom stereocenters. The number of carboxylic acids is 1. The topological polar surface area (TPSA) is 71.5 Å². The van der Waals surface area contributed by atoms with E-state index in [4.69, 9.17) is 9.84 Å². The van der Waals surface area contributed by atoms with Gasteiger partial charge in [0.05, 0.1) is 11.7 Å². The van der Waals surface area contributed by atoms with E-state index in [0.717, 1.165) is 5.39 Å². The number of pyridine rings is 1. The Labute approximate surface area is 111 Å². The number of rotatable bonds is 5. The van der Waals surface area contributed by atoms with Crippen molar-refractivity contribution >= 4 is 22.6 Å². The van der Waals surface area contributed by atoms with Gasteiger partial charge in [0.25, 0.3) is 0 Å². The molecule has 5 nitrogen and oxygen atoms in total. The molecule has 0 spiro atoms. The summed E-state index contributed by atoms with van der Waals surface area (Å²) in [4.78, 5) is 15.3. The third-order valence-corrected chi connectivity index (χ3v) is 2.98. The lowest BCUT2D eigenvalue weighted by Gasteiger charge is -2.13. The maximum absolute atomic E-state index is 11.2. The fraction of sp³-hybridized carbons (Fsp3) is 0.286. The van der Waals surface area contributed by atoms with E-state index in [-0.39, 0.29) is 11.7 Å². The first-order valence-corrected chi connectivity index (χ1v) is 6.01. The summed E-state index contributed by atoms with van der Waals surface area (Å²) in [5, 5.41) is 13.8. The van der Waals surface area contributed by atoms with Crippen LogP contribution in [0.1, 0.15) is 17.3 Å². The molecule has 1 unspecified atom stereocenters. The molecule has 0 fully saturated rings. The summed E-state index contributed by atoms with van der Waals surface area (Å²) in [5.74, 6) is -0.301. The van der Waals surface area contributed by atoms with Crippen LogP contribution in [-0.2, 0) is 4.74 Å². The number of hydrogen-bond acceptors (Lipinski definition) is 4. The van der Waals surface area contributed by atoms with Crippen LogP contribution in [0.2, 0.25) is 0 Å². The maximum atomic E-state index is 11.2. The van der Waals surface area contributed by atoms with Gasteiger partial charge in [0.1, 0.15) is 5.82 Å². The van der Waals surface area contributed by atoms with Gasteiger partial charge in [-0.1, -0.05) is 24.3 Å². The minimum atomic E-state index is -0.972.